The number of hydrogen-bond acceptors (Lipinski definition) is 4. The zero-order chi connectivity index (χ0) is 16.4. The molecule has 2 heterocycles. The van der Waals surface area contributed by atoms with E-state index in [1.54, 1.807) is 24.4 Å². The van der Waals surface area contributed by atoms with Crippen LogP contribution in [0.2, 0.25) is 0 Å². The molecule has 0 saturated heterocycles. The molecule has 0 aliphatic rings. The number of guanidine groups is 1. The summed E-state index contributed by atoms with van der Waals surface area (Å²) in [6, 6.07) is 9.00. The van der Waals surface area contributed by atoms with Crippen molar-refractivity contribution < 1.29 is 4.79 Å². The first-order valence-corrected chi connectivity index (χ1v) is 7.18. The van der Waals surface area contributed by atoms with Crippen molar-refractivity contribution in [1.82, 2.24) is 15.2 Å². The highest BCUT2D eigenvalue weighted by Crippen LogP contribution is 2.27. The molecule has 0 aliphatic heterocycles. The number of aryl methyl sites for hydroxylation is 1. The summed E-state index contributed by atoms with van der Waals surface area (Å²) in [5, 5.41) is 15.3. The van der Waals surface area contributed by atoms with Gasteiger partial charge in [-0.25, -0.2) is 4.90 Å². The molecule has 0 bridgehead atoms. The van der Waals surface area contributed by atoms with Gasteiger partial charge in [-0.05, 0) is 30.7 Å². The Bertz CT molecular complexity index is 880. The van der Waals surface area contributed by atoms with Gasteiger partial charge in [0.25, 0.3) is 5.91 Å². The van der Waals surface area contributed by atoms with E-state index in [2.05, 4.69) is 15.2 Å². The van der Waals surface area contributed by atoms with Crippen molar-refractivity contribution in [3.8, 4) is 0 Å². The first-order valence-electron chi connectivity index (χ1n) is 7.18. The van der Waals surface area contributed by atoms with Crippen LogP contribution in [0.25, 0.3) is 10.9 Å². The molecule has 3 aromatic rings. The molecule has 0 atom stereocenters. The Morgan fingerprint density at radius 1 is 1.35 bits per heavy atom. The lowest BCUT2D eigenvalue weighted by molar-refractivity contribution is 0.100. The van der Waals surface area contributed by atoms with Crippen molar-refractivity contribution in [2.24, 2.45) is 5.73 Å². The minimum absolute atomic E-state index is 0.352. The van der Waals surface area contributed by atoms with Crippen LogP contribution in [0.1, 0.15) is 23.0 Å². The smallest absolute Gasteiger partial charge is 0.268 e. The number of rotatable bonds is 3. The fourth-order valence-corrected chi connectivity index (χ4v) is 2.52. The number of carbonyl (C=O) groups excluding carboxylic acids is 1. The van der Waals surface area contributed by atoms with Gasteiger partial charge in [-0.15, -0.1) is 0 Å². The van der Waals surface area contributed by atoms with Crippen LogP contribution in [0, 0.1) is 5.41 Å². The third kappa shape index (κ3) is 2.52. The fraction of sp³-hybridized carbons (Fsp3) is 0.125. The topological polar surface area (TPSA) is 112 Å². The van der Waals surface area contributed by atoms with Crippen molar-refractivity contribution in [1.29, 1.82) is 5.41 Å². The third-order valence-corrected chi connectivity index (χ3v) is 3.61. The summed E-state index contributed by atoms with van der Waals surface area (Å²) >= 11 is 0. The summed E-state index contributed by atoms with van der Waals surface area (Å²) in [5.74, 6) is -0.742. The number of carbonyl (C=O) groups is 1. The highest BCUT2D eigenvalue weighted by molar-refractivity contribution is 6.23. The molecule has 4 N–H and O–H groups in total. The predicted molar refractivity (Wildman–Crippen MR) is 88.4 cm³/mol. The monoisotopic (exact) mass is 308 g/mol. The number of H-pyrrole nitrogens is 1. The van der Waals surface area contributed by atoms with Gasteiger partial charge in [-0.1, -0.05) is 13.0 Å². The van der Waals surface area contributed by atoms with Crippen LogP contribution < -0.4 is 10.6 Å². The number of aromatic amines is 1. The van der Waals surface area contributed by atoms with Crippen LogP contribution in [0.3, 0.4) is 0 Å². The Hall–Kier alpha value is -3.22. The van der Waals surface area contributed by atoms with E-state index in [1.807, 2.05) is 19.1 Å². The van der Waals surface area contributed by atoms with Crippen LogP contribution >= 0.6 is 0 Å². The van der Waals surface area contributed by atoms with E-state index in [4.69, 9.17) is 11.1 Å². The van der Waals surface area contributed by atoms with Gasteiger partial charge < -0.3 is 5.73 Å². The maximum atomic E-state index is 12.9. The predicted octanol–water partition coefficient (Wildman–Crippen LogP) is 2.06. The zero-order valence-electron chi connectivity index (χ0n) is 12.6. The van der Waals surface area contributed by atoms with Gasteiger partial charge in [0.15, 0.2) is 5.96 Å². The molecule has 7 heteroatoms. The zero-order valence-corrected chi connectivity index (χ0v) is 12.6. The summed E-state index contributed by atoms with van der Waals surface area (Å²) in [6.45, 7) is 1.92. The van der Waals surface area contributed by atoms with Crippen LogP contribution in [0.15, 0.2) is 42.7 Å². The van der Waals surface area contributed by atoms with E-state index in [9.17, 15) is 4.79 Å². The lowest BCUT2D eigenvalue weighted by Gasteiger charge is -2.22. The van der Waals surface area contributed by atoms with Crippen LogP contribution in [-0.2, 0) is 6.42 Å². The standard InChI is InChI=1S/C16H16N6O/c1-2-12-11(9-20-21-12)15(23)22(16(17)18)14-7-3-6-13-10(14)5-4-8-19-13/h3-9H,2H2,1H3,(H3,17,18)(H,20,21). The van der Waals surface area contributed by atoms with Gasteiger partial charge in [0.05, 0.1) is 23.0 Å². The maximum absolute atomic E-state index is 12.9. The second kappa shape index (κ2) is 5.88. The summed E-state index contributed by atoms with van der Waals surface area (Å²) in [7, 11) is 0. The van der Waals surface area contributed by atoms with E-state index in [0.29, 0.717) is 23.4 Å². The first-order chi connectivity index (χ1) is 11.1. The molecule has 0 spiro atoms. The number of hydrogen-bond donors (Lipinski definition) is 3. The third-order valence-electron chi connectivity index (χ3n) is 3.61. The van der Waals surface area contributed by atoms with E-state index >= 15 is 0 Å². The Labute approximate surface area is 132 Å². The highest BCUT2D eigenvalue weighted by Gasteiger charge is 2.25. The molecule has 2 aromatic heterocycles. The van der Waals surface area contributed by atoms with Crippen LogP contribution in [0.4, 0.5) is 5.69 Å². The molecule has 0 saturated carbocycles. The lowest BCUT2D eigenvalue weighted by Crippen LogP contribution is -2.41. The summed E-state index contributed by atoms with van der Waals surface area (Å²) in [5.41, 5.74) is 8.06. The second-order valence-corrected chi connectivity index (χ2v) is 4.99. The molecule has 7 nitrogen and oxygen atoms in total. The quantitative estimate of drug-likeness (QED) is 0.508. The molecule has 1 amide bonds. The molecule has 0 fully saturated rings. The van der Waals surface area contributed by atoms with Crippen molar-refractivity contribution in [2.75, 3.05) is 4.90 Å². The largest absolute Gasteiger partial charge is 0.369 e. The molecule has 0 radical (unpaired) electrons. The Morgan fingerprint density at radius 3 is 2.91 bits per heavy atom. The first kappa shape index (κ1) is 14.7. The highest BCUT2D eigenvalue weighted by atomic mass is 16.2. The minimum Gasteiger partial charge on any atom is -0.369 e. The number of aromatic nitrogens is 3. The Kier molecular flexibility index (Phi) is 3.76. The van der Waals surface area contributed by atoms with Gasteiger partial charge in [0.2, 0.25) is 0 Å². The molecule has 1 aromatic carbocycles. The number of nitrogens with one attached hydrogen (secondary N) is 2. The van der Waals surface area contributed by atoms with Crippen LogP contribution in [0.5, 0.6) is 0 Å². The Balaban J connectivity index is 2.15. The van der Waals surface area contributed by atoms with Gasteiger partial charge in [-0.2, -0.15) is 5.10 Å². The van der Waals surface area contributed by atoms with E-state index in [1.165, 1.54) is 11.1 Å². The number of anilines is 1. The lowest BCUT2D eigenvalue weighted by atomic mass is 10.1. The van der Waals surface area contributed by atoms with Crippen molar-refractivity contribution >= 4 is 28.5 Å². The molecular weight excluding hydrogens is 292 g/mol. The summed E-state index contributed by atoms with van der Waals surface area (Å²) in [6.07, 6.45) is 3.77. The van der Waals surface area contributed by atoms with Gasteiger partial charge >= 0.3 is 0 Å². The van der Waals surface area contributed by atoms with Gasteiger partial charge in [0.1, 0.15) is 0 Å². The average Bonchev–Trinajstić information content (AvgIpc) is 3.03. The number of amides is 1. The van der Waals surface area contributed by atoms with Crippen molar-refractivity contribution in [3.63, 3.8) is 0 Å². The average molecular weight is 308 g/mol. The molecule has 3 rings (SSSR count). The van der Waals surface area contributed by atoms with Crippen LogP contribution in [-0.4, -0.2) is 27.0 Å². The van der Waals surface area contributed by atoms with E-state index in [-0.39, 0.29) is 11.9 Å². The van der Waals surface area contributed by atoms with Crippen molar-refractivity contribution in [3.05, 3.63) is 54.0 Å². The van der Waals surface area contributed by atoms with Gasteiger partial charge in [0, 0.05) is 17.3 Å². The molecule has 116 valence electrons. The molecule has 23 heavy (non-hydrogen) atoms. The normalized spacial score (nSPS) is 10.7. The molecule has 0 aliphatic carbocycles. The van der Waals surface area contributed by atoms with Gasteiger partial charge in [-0.3, -0.25) is 20.3 Å². The number of fused-ring (bicyclic) bond motifs is 1. The second-order valence-electron chi connectivity index (χ2n) is 4.99. The van der Waals surface area contributed by atoms with E-state index in [0.717, 1.165) is 10.9 Å². The van der Waals surface area contributed by atoms with Crippen molar-refractivity contribution in [2.45, 2.75) is 13.3 Å². The number of nitrogens with zero attached hydrogens (tertiary/aromatic N) is 3. The maximum Gasteiger partial charge on any atom is 0.268 e. The number of pyridine rings is 1. The number of benzene rings is 1. The fourth-order valence-electron chi connectivity index (χ4n) is 2.52. The molecular formula is C16H16N6O. The summed E-state index contributed by atoms with van der Waals surface area (Å²) in [4.78, 5) is 18.3. The Morgan fingerprint density at radius 2 is 2.17 bits per heavy atom. The minimum atomic E-state index is -0.389. The van der Waals surface area contributed by atoms with E-state index < -0.39 is 0 Å². The SMILES string of the molecule is CCc1[nH]ncc1C(=O)N(C(=N)N)c1cccc2ncccc12. The number of nitrogens with two attached hydrogens (primary N) is 1. The summed E-state index contributed by atoms with van der Waals surface area (Å²) < 4.78 is 0. The molecule has 0 unspecified atom stereocenters.